The van der Waals surface area contributed by atoms with Crippen LogP contribution in [0, 0.1) is 4.91 Å². The van der Waals surface area contributed by atoms with Crippen molar-refractivity contribution < 1.29 is 9.90 Å². The van der Waals surface area contributed by atoms with Gasteiger partial charge in [-0.25, -0.2) is 0 Å². The van der Waals surface area contributed by atoms with E-state index < -0.39 is 5.97 Å². The molecule has 0 aliphatic rings. The quantitative estimate of drug-likeness (QED) is 0.457. The molecule has 0 heterocycles. The van der Waals surface area contributed by atoms with Crippen LogP contribution in [0.1, 0.15) is 50.1 Å². The van der Waals surface area contributed by atoms with Crippen LogP contribution >= 0.6 is 0 Å². The molecular formula is C20H23NO3. The fourth-order valence-electron chi connectivity index (χ4n) is 2.78. The molecule has 0 aliphatic carbocycles. The summed E-state index contributed by atoms with van der Waals surface area (Å²) in [6.07, 6.45) is 4.32. The molecule has 0 radical (unpaired) electrons. The summed E-state index contributed by atoms with van der Waals surface area (Å²) in [5.41, 5.74) is 3.21. The molecule has 2 aromatic carbocycles. The van der Waals surface area contributed by atoms with E-state index in [2.05, 4.69) is 17.3 Å². The van der Waals surface area contributed by atoms with Gasteiger partial charge in [0.25, 0.3) is 0 Å². The van der Waals surface area contributed by atoms with E-state index in [9.17, 15) is 9.70 Å². The fourth-order valence-corrected chi connectivity index (χ4v) is 2.78. The van der Waals surface area contributed by atoms with E-state index in [4.69, 9.17) is 5.11 Å². The maximum Gasteiger partial charge on any atom is 0.303 e. The number of nitroso groups, excluding NO2 is 1. The van der Waals surface area contributed by atoms with Crippen LogP contribution in [0.25, 0.3) is 11.1 Å². The van der Waals surface area contributed by atoms with Crippen molar-refractivity contribution in [2.75, 3.05) is 0 Å². The zero-order valence-electron chi connectivity index (χ0n) is 13.7. The minimum absolute atomic E-state index is 0.219. The van der Waals surface area contributed by atoms with Crippen molar-refractivity contribution in [1.29, 1.82) is 0 Å². The van der Waals surface area contributed by atoms with Gasteiger partial charge in [0, 0.05) is 6.42 Å². The number of unbranched alkanes of at least 4 members (excludes halogenated alkanes) is 3. The zero-order chi connectivity index (χ0) is 17.2. The van der Waals surface area contributed by atoms with E-state index in [-0.39, 0.29) is 12.5 Å². The average molecular weight is 325 g/mol. The van der Waals surface area contributed by atoms with E-state index in [1.54, 1.807) is 0 Å². The number of hydrogen-bond acceptors (Lipinski definition) is 3. The first-order valence-electron chi connectivity index (χ1n) is 8.40. The molecule has 4 heteroatoms. The van der Waals surface area contributed by atoms with Gasteiger partial charge in [-0.2, -0.15) is 4.91 Å². The molecule has 126 valence electrons. The third-order valence-corrected chi connectivity index (χ3v) is 4.15. The van der Waals surface area contributed by atoms with Crippen LogP contribution < -0.4 is 0 Å². The van der Waals surface area contributed by atoms with E-state index in [1.165, 1.54) is 0 Å². The van der Waals surface area contributed by atoms with Crippen LogP contribution in [0.5, 0.6) is 0 Å². The third kappa shape index (κ3) is 5.61. The number of carboxylic acid groups (broad SMARTS) is 1. The summed E-state index contributed by atoms with van der Waals surface area (Å²) >= 11 is 0. The van der Waals surface area contributed by atoms with Crippen molar-refractivity contribution >= 4 is 5.97 Å². The van der Waals surface area contributed by atoms with Gasteiger partial charge in [-0.3, -0.25) is 4.79 Å². The Bertz CT molecular complexity index is 638. The molecule has 0 saturated carbocycles. The molecule has 2 rings (SSSR count). The lowest BCUT2D eigenvalue weighted by Gasteiger charge is -2.10. The van der Waals surface area contributed by atoms with Gasteiger partial charge in [-0.1, -0.05) is 79.0 Å². The Morgan fingerprint density at radius 3 is 2.12 bits per heavy atom. The van der Waals surface area contributed by atoms with Gasteiger partial charge in [0.2, 0.25) is 0 Å². The Labute approximate surface area is 142 Å². The van der Waals surface area contributed by atoms with Crippen molar-refractivity contribution in [2.45, 2.75) is 44.6 Å². The van der Waals surface area contributed by atoms with Crippen LogP contribution in [0.2, 0.25) is 0 Å². The SMILES string of the molecule is O=NC(CCCCCCC(=O)O)c1ccc(-c2ccccc2)cc1. The van der Waals surface area contributed by atoms with Crippen molar-refractivity contribution in [2.24, 2.45) is 5.18 Å². The highest BCUT2D eigenvalue weighted by Gasteiger charge is 2.11. The van der Waals surface area contributed by atoms with Gasteiger partial charge in [-0.15, -0.1) is 0 Å². The first kappa shape index (κ1) is 17.9. The van der Waals surface area contributed by atoms with E-state index in [1.807, 2.05) is 42.5 Å². The lowest BCUT2D eigenvalue weighted by atomic mass is 9.97. The molecular weight excluding hydrogens is 302 g/mol. The van der Waals surface area contributed by atoms with Crippen molar-refractivity contribution in [1.82, 2.24) is 0 Å². The predicted molar refractivity (Wildman–Crippen MR) is 95.8 cm³/mol. The molecule has 24 heavy (non-hydrogen) atoms. The minimum Gasteiger partial charge on any atom is -0.481 e. The molecule has 0 spiro atoms. The summed E-state index contributed by atoms with van der Waals surface area (Å²) in [5, 5.41) is 11.9. The van der Waals surface area contributed by atoms with Crippen LogP contribution in [-0.4, -0.2) is 11.1 Å². The molecule has 1 N–H and O–H groups in total. The molecule has 0 bridgehead atoms. The van der Waals surface area contributed by atoms with Crippen LogP contribution in [-0.2, 0) is 4.79 Å². The smallest absolute Gasteiger partial charge is 0.303 e. The number of rotatable bonds is 10. The number of aliphatic carboxylic acids is 1. The summed E-state index contributed by atoms with van der Waals surface area (Å²) in [6, 6.07) is 17.8. The van der Waals surface area contributed by atoms with Crippen molar-refractivity contribution in [3.63, 3.8) is 0 Å². The summed E-state index contributed by atoms with van der Waals surface area (Å²) < 4.78 is 0. The Balaban J connectivity index is 1.84. The summed E-state index contributed by atoms with van der Waals surface area (Å²) in [5.74, 6) is -0.749. The summed E-state index contributed by atoms with van der Waals surface area (Å²) in [7, 11) is 0. The summed E-state index contributed by atoms with van der Waals surface area (Å²) in [6.45, 7) is 0. The largest absolute Gasteiger partial charge is 0.481 e. The molecule has 0 saturated heterocycles. The Morgan fingerprint density at radius 2 is 1.50 bits per heavy atom. The first-order valence-corrected chi connectivity index (χ1v) is 8.40. The van der Waals surface area contributed by atoms with Crippen LogP contribution in [0.4, 0.5) is 0 Å². The molecule has 2 aromatic rings. The zero-order valence-corrected chi connectivity index (χ0v) is 13.7. The number of nitrogens with zero attached hydrogens (tertiary/aromatic N) is 1. The monoisotopic (exact) mass is 325 g/mol. The van der Waals surface area contributed by atoms with Crippen molar-refractivity contribution in [3.8, 4) is 11.1 Å². The second-order valence-electron chi connectivity index (χ2n) is 5.96. The highest BCUT2D eigenvalue weighted by atomic mass is 16.4. The topological polar surface area (TPSA) is 66.7 Å². The second kappa shape index (κ2) is 9.60. The maximum absolute atomic E-state index is 11.1. The highest BCUT2D eigenvalue weighted by Crippen LogP contribution is 2.27. The van der Waals surface area contributed by atoms with E-state index in [0.29, 0.717) is 12.8 Å². The van der Waals surface area contributed by atoms with E-state index >= 15 is 0 Å². The molecule has 1 atom stereocenters. The Morgan fingerprint density at radius 1 is 0.875 bits per heavy atom. The standard InChI is InChI=1S/C20H23NO3/c22-20(23)11-7-2-1-6-10-19(21-24)18-14-12-17(13-15-18)16-8-4-3-5-9-16/h3-5,8-9,12-15,19H,1-2,6-7,10-11H2,(H,22,23). The number of hydrogen-bond donors (Lipinski definition) is 1. The van der Waals surface area contributed by atoms with Crippen molar-refractivity contribution in [3.05, 3.63) is 65.1 Å². The van der Waals surface area contributed by atoms with Gasteiger partial charge in [0.15, 0.2) is 0 Å². The molecule has 0 fully saturated rings. The maximum atomic E-state index is 11.1. The highest BCUT2D eigenvalue weighted by molar-refractivity contribution is 5.66. The fraction of sp³-hybridized carbons (Fsp3) is 0.350. The normalized spacial score (nSPS) is 11.8. The molecule has 0 amide bonds. The summed E-state index contributed by atoms with van der Waals surface area (Å²) in [4.78, 5) is 21.6. The Hall–Kier alpha value is -2.49. The molecule has 0 aromatic heterocycles. The van der Waals surface area contributed by atoms with E-state index in [0.717, 1.165) is 36.0 Å². The number of benzene rings is 2. The van der Waals surface area contributed by atoms with Crippen LogP contribution in [0.3, 0.4) is 0 Å². The Kier molecular flexibility index (Phi) is 7.15. The average Bonchev–Trinajstić information content (AvgIpc) is 2.62. The number of carbonyl (C=O) groups is 1. The number of carboxylic acids is 1. The predicted octanol–water partition coefficient (Wildman–Crippen LogP) is 5.59. The molecule has 1 unspecified atom stereocenters. The first-order chi connectivity index (χ1) is 11.7. The van der Waals surface area contributed by atoms with Gasteiger partial charge in [0.05, 0.1) is 0 Å². The van der Waals surface area contributed by atoms with Gasteiger partial charge < -0.3 is 5.11 Å². The van der Waals surface area contributed by atoms with Crippen LogP contribution in [0.15, 0.2) is 59.8 Å². The lowest BCUT2D eigenvalue weighted by Crippen LogP contribution is -1.96. The lowest BCUT2D eigenvalue weighted by molar-refractivity contribution is -0.137. The van der Waals surface area contributed by atoms with Gasteiger partial charge in [-0.05, 0) is 29.5 Å². The third-order valence-electron chi connectivity index (χ3n) is 4.15. The van der Waals surface area contributed by atoms with Gasteiger partial charge in [0.1, 0.15) is 6.04 Å². The molecule has 0 aliphatic heterocycles. The molecule has 4 nitrogen and oxygen atoms in total. The van der Waals surface area contributed by atoms with Gasteiger partial charge >= 0.3 is 5.97 Å². The minimum atomic E-state index is -0.749. The second-order valence-corrected chi connectivity index (χ2v) is 5.96.